The van der Waals surface area contributed by atoms with Crippen LogP contribution in [0, 0.1) is 0 Å². The van der Waals surface area contributed by atoms with Gasteiger partial charge in [0, 0.05) is 0 Å². The number of nitrogens with zero attached hydrogens (tertiary/aromatic N) is 3. The normalized spacial score (nSPS) is 32.9. The number of rotatable bonds is 7. The standard InChI is InChI=1S/C10H14N5O14P3/c11-10-13-7-4(8(18)14-10)12-2-15(7)9-6(17)5(16)3(26-9)1-25-31(22,23)28-32(24)27-29(32)30(19,20)21/h2-3,5-6,9,16-17H,1H2,(H5-,11,13,14,18,19,20,21,22,23)/p+1/t3-,5-,6-,9-,32+/m1/s1. The fourth-order valence-corrected chi connectivity index (χ4v) is 6.90. The molecule has 178 valence electrons. The Morgan fingerprint density at radius 2 is 2.00 bits per heavy atom. The predicted molar refractivity (Wildman–Crippen MR) is 97.2 cm³/mol. The van der Waals surface area contributed by atoms with Gasteiger partial charge in [-0.2, -0.15) is 14.1 Å². The highest BCUT2D eigenvalue weighted by Gasteiger charge is 2.81. The Bertz CT molecular complexity index is 1260. The van der Waals surface area contributed by atoms with Gasteiger partial charge in [0.1, 0.15) is 18.3 Å². The van der Waals surface area contributed by atoms with Gasteiger partial charge >= 0.3 is 23.5 Å². The summed E-state index contributed by atoms with van der Waals surface area (Å²) in [7, 11) is -15.3. The number of ether oxygens (including phenoxy) is 1. The van der Waals surface area contributed by atoms with Crippen LogP contribution in [0.1, 0.15) is 6.23 Å². The van der Waals surface area contributed by atoms with Gasteiger partial charge in [0.15, 0.2) is 17.4 Å². The van der Waals surface area contributed by atoms with E-state index in [9.17, 15) is 33.6 Å². The highest BCUT2D eigenvalue weighted by molar-refractivity contribution is 7.71. The van der Waals surface area contributed by atoms with Crippen molar-refractivity contribution in [3.63, 3.8) is 0 Å². The number of aliphatic hydroxyl groups excluding tert-OH is 2. The first-order valence-corrected chi connectivity index (χ1v) is 12.7. The minimum atomic E-state index is -5.25. The van der Waals surface area contributed by atoms with Crippen LogP contribution in [-0.4, -0.2) is 69.3 Å². The van der Waals surface area contributed by atoms with E-state index in [0.29, 0.717) is 4.09 Å². The molecular weight excluding hydrogens is 507 g/mol. The van der Waals surface area contributed by atoms with E-state index in [-0.39, 0.29) is 17.1 Å². The molecule has 0 radical (unpaired) electrons. The van der Waals surface area contributed by atoms with Gasteiger partial charge in [-0.15, -0.1) is 4.31 Å². The minimum Gasteiger partial charge on any atom is -0.387 e. The number of hydrogen-bond donors (Lipinski definition) is 7. The third kappa shape index (κ3) is 4.32. The van der Waals surface area contributed by atoms with Gasteiger partial charge < -0.3 is 25.6 Å². The first-order valence-electron chi connectivity index (χ1n) is 8.26. The zero-order chi connectivity index (χ0) is 23.6. The van der Waals surface area contributed by atoms with Crippen LogP contribution in [0.2, 0.25) is 0 Å². The SMILES string of the molecule is Nc1nc2c(ncn2[C@@H]2O[C@H](COP(=O)(O)O[P@]3(=O)O[O+]3P(=O)(O)O)[C@@H](O)[C@H]2O)c(=O)[nH]1. The first-order chi connectivity index (χ1) is 14.7. The fraction of sp³-hybridized carbons (Fsp3) is 0.500. The largest absolute Gasteiger partial charge is 0.757 e. The van der Waals surface area contributed by atoms with Crippen LogP contribution < -0.4 is 11.3 Å². The Kier molecular flexibility index (Phi) is 5.71. The number of aromatic nitrogens is 4. The average molecular weight is 522 g/mol. The van der Waals surface area contributed by atoms with Crippen molar-refractivity contribution in [1.82, 2.24) is 19.5 Å². The number of nitrogens with two attached hydrogens (primary N) is 1. The summed E-state index contributed by atoms with van der Waals surface area (Å²) >= 11 is 0. The Hall–Kier alpha value is -1.56. The summed E-state index contributed by atoms with van der Waals surface area (Å²) < 4.78 is 54.3. The molecule has 19 nitrogen and oxygen atoms in total. The number of fused-ring (bicyclic) bond motifs is 1. The lowest BCUT2D eigenvalue weighted by molar-refractivity contribution is -0.0505. The zero-order valence-corrected chi connectivity index (χ0v) is 17.9. The third-order valence-corrected chi connectivity index (χ3v) is 8.81. The Balaban J connectivity index is 1.45. The van der Waals surface area contributed by atoms with Gasteiger partial charge in [-0.25, -0.2) is 9.55 Å². The van der Waals surface area contributed by atoms with Crippen molar-refractivity contribution < 1.29 is 60.9 Å². The van der Waals surface area contributed by atoms with Crippen LogP contribution in [0.4, 0.5) is 5.95 Å². The van der Waals surface area contributed by atoms with Gasteiger partial charge in [-0.3, -0.25) is 28.7 Å². The average Bonchev–Trinajstić information content (AvgIpc) is 3.02. The number of H-pyrrole nitrogens is 1. The number of nitrogen functional groups attached to an aromatic ring is 1. The Labute approximate surface area is 175 Å². The van der Waals surface area contributed by atoms with Crippen molar-refractivity contribution >= 4 is 40.6 Å². The Morgan fingerprint density at radius 1 is 1.31 bits per heavy atom. The number of phosphoric acid groups is 1. The topological polar surface area (TPSA) is 285 Å². The fourth-order valence-electron chi connectivity index (χ4n) is 2.83. The molecule has 8 N–H and O–H groups in total. The van der Waals surface area contributed by atoms with Crippen molar-refractivity contribution in [1.29, 1.82) is 0 Å². The monoisotopic (exact) mass is 522 g/mol. The van der Waals surface area contributed by atoms with Gasteiger partial charge in [-0.05, 0) is 0 Å². The molecule has 0 bridgehead atoms. The van der Waals surface area contributed by atoms with Crippen LogP contribution in [0.5, 0.6) is 0 Å². The van der Waals surface area contributed by atoms with Crippen LogP contribution in [-0.2, 0) is 36.0 Å². The molecule has 0 saturated carbocycles. The van der Waals surface area contributed by atoms with E-state index in [1.54, 1.807) is 0 Å². The van der Waals surface area contributed by atoms with Crippen molar-refractivity contribution in [2.75, 3.05) is 12.3 Å². The molecule has 2 saturated heterocycles. The van der Waals surface area contributed by atoms with E-state index in [4.69, 9.17) is 20.3 Å². The lowest BCUT2D eigenvalue weighted by atomic mass is 10.1. The molecule has 32 heavy (non-hydrogen) atoms. The van der Waals surface area contributed by atoms with E-state index in [2.05, 4.69) is 28.5 Å². The quantitative estimate of drug-likeness (QED) is 0.0909. The van der Waals surface area contributed by atoms with Gasteiger partial charge in [0.05, 0.1) is 17.6 Å². The highest BCUT2D eigenvalue weighted by atomic mass is 31.3. The lowest BCUT2D eigenvalue weighted by Gasteiger charge is -2.16. The lowest BCUT2D eigenvalue weighted by Crippen LogP contribution is -2.33. The molecule has 0 aliphatic carbocycles. The Morgan fingerprint density at radius 3 is 2.62 bits per heavy atom. The maximum absolute atomic E-state index is 11.9. The maximum atomic E-state index is 11.9. The van der Waals surface area contributed by atoms with E-state index >= 15 is 0 Å². The summed E-state index contributed by atoms with van der Waals surface area (Å²) in [6, 6.07) is 0. The van der Waals surface area contributed by atoms with Crippen LogP contribution in [0.25, 0.3) is 11.2 Å². The number of aliphatic hydroxyl groups is 2. The molecule has 22 heteroatoms. The molecule has 0 amide bonds. The molecule has 6 atom stereocenters. The van der Waals surface area contributed by atoms with E-state index in [0.717, 1.165) is 10.9 Å². The van der Waals surface area contributed by atoms with Gasteiger partial charge in [0.2, 0.25) is 5.95 Å². The molecule has 0 aromatic carbocycles. The van der Waals surface area contributed by atoms with Crippen molar-refractivity contribution in [2.24, 2.45) is 0 Å². The maximum Gasteiger partial charge on any atom is 0.757 e. The number of phosphoric ester groups is 1. The molecule has 2 aliphatic heterocycles. The highest BCUT2D eigenvalue weighted by Crippen LogP contribution is 2.88. The molecular formula is C10H15N5O14P3+. The predicted octanol–water partition coefficient (Wildman–Crippen LogP) is -1.85. The van der Waals surface area contributed by atoms with E-state index in [1.165, 1.54) is 0 Å². The third-order valence-electron chi connectivity index (χ3n) is 4.20. The van der Waals surface area contributed by atoms with E-state index < -0.39 is 60.2 Å². The first kappa shape index (κ1) is 23.6. The molecule has 2 fully saturated rings. The van der Waals surface area contributed by atoms with Crippen molar-refractivity contribution in [3.05, 3.63) is 16.7 Å². The zero-order valence-electron chi connectivity index (χ0n) is 15.3. The number of nitrogens with one attached hydrogen (secondary N) is 1. The van der Waals surface area contributed by atoms with Crippen LogP contribution >= 0.6 is 23.5 Å². The van der Waals surface area contributed by atoms with Crippen molar-refractivity contribution in [2.45, 2.75) is 24.5 Å². The smallest absolute Gasteiger partial charge is 0.387 e. The number of imidazole rings is 1. The molecule has 4 rings (SSSR count). The second-order valence-electron chi connectivity index (χ2n) is 6.41. The second kappa shape index (κ2) is 7.75. The summed E-state index contributed by atoms with van der Waals surface area (Å²) in [5.74, 6) is -0.255. The minimum absolute atomic E-state index is 0.0845. The molecule has 1 unspecified atom stereocenters. The molecule has 4 heterocycles. The van der Waals surface area contributed by atoms with Crippen LogP contribution in [0.15, 0.2) is 11.1 Å². The van der Waals surface area contributed by atoms with Crippen molar-refractivity contribution in [3.8, 4) is 0 Å². The molecule has 2 aromatic rings. The summed E-state index contributed by atoms with van der Waals surface area (Å²) in [4.78, 5) is 49.0. The summed E-state index contributed by atoms with van der Waals surface area (Å²) in [6.07, 6.45) is -5.08. The summed E-state index contributed by atoms with van der Waals surface area (Å²) in [5.41, 5.74) is 4.59. The molecule has 2 aromatic heterocycles. The van der Waals surface area contributed by atoms with E-state index in [1.807, 2.05) is 0 Å². The van der Waals surface area contributed by atoms with Gasteiger partial charge in [0.25, 0.3) is 5.56 Å². The van der Waals surface area contributed by atoms with Crippen LogP contribution in [0.3, 0.4) is 0 Å². The van der Waals surface area contributed by atoms with Gasteiger partial charge in [-0.1, -0.05) is 4.09 Å². The number of anilines is 1. The molecule has 0 spiro atoms. The number of hydrogen-bond acceptors (Lipinski definition) is 13. The molecule has 2 aliphatic rings. The second-order valence-corrected chi connectivity index (χ2v) is 11.2. The summed E-state index contributed by atoms with van der Waals surface area (Å²) in [6.45, 7) is -0.911. The summed E-state index contributed by atoms with van der Waals surface area (Å²) in [5, 5.41) is 20.5. The number of aromatic amines is 1.